The number of carbonyl (C=O) groups excluding carboxylic acids is 2. The Kier molecular flexibility index (Phi) is 6.01. The molecule has 0 saturated carbocycles. The van der Waals surface area contributed by atoms with Gasteiger partial charge in [-0.3, -0.25) is 19.5 Å². The van der Waals surface area contributed by atoms with Gasteiger partial charge in [0.1, 0.15) is 4.83 Å². The number of thioether (sulfide) groups is 1. The molecule has 27 heavy (non-hydrogen) atoms. The van der Waals surface area contributed by atoms with Crippen LogP contribution in [0.4, 0.5) is 4.79 Å². The van der Waals surface area contributed by atoms with Gasteiger partial charge in [0.25, 0.3) is 5.56 Å². The van der Waals surface area contributed by atoms with Crippen LogP contribution in [0.1, 0.15) is 30.7 Å². The minimum absolute atomic E-state index is 0.0851. The molecule has 9 heteroatoms. The molecule has 2 aromatic heterocycles. The second-order valence-corrected chi connectivity index (χ2v) is 8.64. The average molecular weight is 407 g/mol. The number of imide groups is 1. The molecular weight excluding hydrogens is 384 g/mol. The first-order valence-electron chi connectivity index (χ1n) is 8.87. The number of hydrogen-bond acceptors (Lipinski definition) is 6. The van der Waals surface area contributed by atoms with Crippen LogP contribution in [-0.2, 0) is 24.2 Å². The topological polar surface area (TPSA) is 93.1 Å². The van der Waals surface area contributed by atoms with Gasteiger partial charge < -0.3 is 5.32 Å². The fraction of sp³-hybridized carbons (Fsp3) is 0.444. The van der Waals surface area contributed by atoms with E-state index in [4.69, 9.17) is 0 Å². The molecule has 2 aromatic rings. The zero-order valence-electron chi connectivity index (χ0n) is 15.3. The summed E-state index contributed by atoms with van der Waals surface area (Å²) in [5.74, 6) is -0.431. The summed E-state index contributed by atoms with van der Waals surface area (Å²) in [4.78, 5) is 43.5. The fourth-order valence-corrected chi connectivity index (χ4v) is 5.29. The van der Waals surface area contributed by atoms with Crippen LogP contribution in [-0.4, -0.2) is 33.3 Å². The number of fused-ring (bicyclic) bond motifs is 3. The number of allylic oxidation sites excluding steroid dienone is 1. The number of hydrogen-bond donors (Lipinski definition) is 2. The molecule has 1 aliphatic rings. The number of aryl methyl sites for hydroxylation is 2. The summed E-state index contributed by atoms with van der Waals surface area (Å²) in [6.45, 7) is 7.93. The highest BCUT2D eigenvalue weighted by atomic mass is 32.2. The SMILES string of the molecule is C=CCn1c(S[C@@H](C)C(=O)NC(=O)NCC)nc2sc3c(c2c1=O)CCC3. The summed E-state index contributed by atoms with van der Waals surface area (Å²) >= 11 is 2.73. The third-order valence-electron chi connectivity index (χ3n) is 4.33. The quantitative estimate of drug-likeness (QED) is 0.437. The van der Waals surface area contributed by atoms with E-state index < -0.39 is 17.2 Å². The third kappa shape index (κ3) is 3.93. The van der Waals surface area contributed by atoms with E-state index in [1.807, 2.05) is 0 Å². The Labute approximate surface area is 165 Å². The van der Waals surface area contributed by atoms with E-state index >= 15 is 0 Å². The Morgan fingerprint density at radius 3 is 2.93 bits per heavy atom. The molecule has 144 valence electrons. The van der Waals surface area contributed by atoms with Gasteiger partial charge >= 0.3 is 6.03 Å². The zero-order valence-corrected chi connectivity index (χ0v) is 17.0. The minimum atomic E-state index is -0.583. The van der Waals surface area contributed by atoms with Crippen LogP contribution in [0.25, 0.3) is 10.2 Å². The standard InChI is InChI=1S/C18H22N4O3S2/c1-4-9-22-16(24)13-11-7-6-8-12(11)27-15(13)21-18(22)26-10(3)14(23)20-17(25)19-5-2/h4,10H,1,5-9H2,2-3H3,(H2,19,20,23,25)/t10-/m0/s1. The van der Waals surface area contributed by atoms with Gasteiger partial charge in [0.2, 0.25) is 5.91 Å². The molecule has 0 aliphatic heterocycles. The molecule has 1 aliphatic carbocycles. The van der Waals surface area contributed by atoms with Crippen molar-refractivity contribution in [2.45, 2.75) is 50.1 Å². The first-order valence-corrected chi connectivity index (χ1v) is 10.6. The van der Waals surface area contributed by atoms with Crippen molar-refractivity contribution < 1.29 is 9.59 Å². The molecule has 0 aromatic carbocycles. The highest BCUT2D eigenvalue weighted by molar-refractivity contribution is 8.00. The van der Waals surface area contributed by atoms with E-state index in [9.17, 15) is 14.4 Å². The van der Waals surface area contributed by atoms with Crippen molar-refractivity contribution in [2.24, 2.45) is 0 Å². The molecule has 7 nitrogen and oxygen atoms in total. The maximum atomic E-state index is 13.1. The largest absolute Gasteiger partial charge is 0.338 e. The van der Waals surface area contributed by atoms with Crippen LogP contribution in [0.5, 0.6) is 0 Å². The van der Waals surface area contributed by atoms with Crippen molar-refractivity contribution in [3.05, 3.63) is 33.4 Å². The Morgan fingerprint density at radius 2 is 2.22 bits per heavy atom. The van der Waals surface area contributed by atoms with Gasteiger partial charge in [-0.25, -0.2) is 9.78 Å². The van der Waals surface area contributed by atoms with Crippen molar-refractivity contribution in [1.29, 1.82) is 0 Å². The second-order valence-electron chi connectivity index (χ2n) is 6.25. The minimum Gasteiger partial charge on any atom is -0.338 e. The van der Waals surface area contributed by atoms with E-state index in [1.54, 1.807) is 35.8 Å². The summed E-state index contributed by atoms with van der Waals surface area (Å²) in [5, 5.41) is 5.40. The molecule has 0 unspecified atom stereocenters. The lowest BCUT2D eigenvalue weighted by Crippen LogP contribution is -2.42. The molecule has 0 fully saturated rings. The monoisotopic (exact) mass is 406 g/mol. The third-order valence-corrected chi connectivity index (χ3v) is 6.60. The maximum Gasteiger partial charge on any atom is 0.321 e. The number of urea groups is 1. The number of rotatable bonds is 6. The Hall–Kier alpha value is -2.13. The highest BCUT2D eigenvalue weighted by Crippen LogP contribution is 2.36. The van der Waals surface area contributed by atoms with Crippen LogP contribution in [0.3, 0.4) is 0 Å². The molecule has 0 saturated heterocycles. The van der Waals surface area contributed by atoms with Crippen molar-refractivity contribution in [2.75, 3.05) is 6.54 Å². The van der Waals surface area contributed by atoms with E-state index in [0.717, 1.165) is 29.7 Å². The number of carbonyl (C=O) groups is 2. The first-order chi connectivity index (χ1) is 13.0. The Morgan fingerprint density at radius 1 is 1.44 bits per heavy atom. The van der Waals surface area contributed by atoms with Crippen LogP contribution in [0, 0.1) is 0 Å². The Bertz CT molecular complexity index is 964. The number of aromatic nitrogens is 2. The predicted molar refractivity (Wildman–Crippen MR) is 109 cm³/mol. The average Bonchev–Trinajstić information content (AvgIpc) is 3.18. The van der Waals surface area contributed by atoms with Crippen LogP contribution >= 0.6 is 23.1 Å². The second kappa shape index (κ2) is 8.26. The van der Waals surface area contributed by atoms with E-state index in [-0.39, 0.29) is 5.56 Å². The van der Waals surface area contributed by atoms with Crippen molar-refractivity contribution >= 4 is 45.3 Å². The van der Waals surface area contributed by atoms with Gasteiger partial charge in [-0.1, -0.05) is 17.8 Å². The zero-order chi connectivity index (χ0) is 19.6. The molecule has 2 heterocycles. The molecule has 1 atom stereocenters. The summed E-state index contributed by atoms with van der Waals surface area (Å²) in [7, 11) is 0. The smallest absolute Gasteiger partial charge is 0.321 e. The van der Waals surface area contributed by atoms with E-state index in [0.29, 0.717) is 23.6 Å². The molecular formula is C18H22N4O3S2. The predicted octanol–water partition coefficient (Wildman–Crippen LogP) is 2.46. The van der Waals surface area contributed by atoms with Crippen LogP contribution in [0.15, 0.2) is 22.6 Å². The lowest BCUT2D eigenvalue weighted by Gasteiger charge is -2.14. The normalized spacial score (nSPS) is 14.0. The number of nitrogens with one attached hydrogen (secondary N) is 2. The number of nitrogens with zero attached hydrogens (tertiary/aromatic N) is 2. The summed E-state index contributed by atoms with van der Waals surface area (Å²) in [5.41, 5.74) is 1.04. The van der Waals surface area contributed by atoms with Crippen LogP contribution in [0.2, 0.25) is 0 Å². The van der Waals surface area contributed by atoms with Gasteiger partial charge in [0.05, 0.1) is 10.6 Å². The highest BCUT2D eigenvalue weighted by Gasteiger charge is 2.25. The summed E-state index contributed by atoms with van der Waals surface area (Å²) in [6.07, 6.45) is 4.62. The van der Waals surface area contributed by atoms with E-state index in [1.165, 1.54) is 16.6 Å². The molecule has 3 amide bonds. The van der Waals surface area contributed by atoms with Crippen molar-refractivity contribution in [3.63, 3.8) is 0 Å². The van der Waals surface area contributed by atoms with Gasteiger partial charge in [0, 0.05) is 18.0 Å². The number of thiophene rings is 1. The van der Waals surface area contributed by atoms with Gasteiger partial charge in [-0.05, 0) is 38.7 Å². The van der Waals surface area contributed by atoms with Crippen LogP contribution < -0.4 is 16.2 Å². The fourth-order valence-electron chi connectivity index (χ4n) is 3.07. The molecule has 3 rings (SSSR count). The van der Waals surface area contributed by atoms with Crippen molar-refractivity contribution in [3.8, 4) is 0 Å². The molecule has 0 spiro atoms. The Balaban J connectivity index is 1.92. The molecule has 2 N–H and O–H groups in total. The summed E-state index contributed by atoms with van der Waals surface area (Å²) in [6, 6.07) is -0.531. The van der Waals surface area contributed by atoms with Gasteiger partial charge in [0.15, 0.2) is 5.16 Å². The van der Waals surface area contributed by atoms with E-state index in [2.05, 4.69) is 22.2 Å². The first kappa shape index (κ1) is 19.6. The maximum absolute atomic E-state index is 13.1. The van der Waals surface area contributed by atoms with Crippen molar-refractivity contribution in [1.82, 2.24) is 20.2 Å². The number of amides is 3. The molecule has 0 bridgehead atoms. The lowest BCUT2D eigenvalue weighted by atomic mass is 10.2. The lowest BCUT2D eigenvalue weighted by molar-refractivity contribution is -0.119. The van der Waals surface area contributed by atoms with Gasteiger partial charge in [-0.15, -0.1) is 17.9 Å². The summed E-state index contributed by atoms with van der Waals surface area (Å²) < 4.78 is 1.56. The van der Waals surface area contributed by atoms with Gasteiger partial charge in [-0.2, -0.15) is 0 Å². The molecule has 0 radical (unpaired) electrons.